The van der Waals surface area contributed by atoms with Crippen molar-refractivity contribution >= 4 is 17.2 Å². The molecule has 0 saturated carbocycles. The smallest absolute Gasteiger partial charge is 0.267 e. The number of pyridine rings is 1. The molecular weight excluding hydrogens is 198 g/mol. The lowest BCUT2D eigenvalue weighted by Gasteiger charge is -1.98. The molecule has 0 bridgehead atoms. The second kappa shape index (κ2) is 3.55. The summed E-state index contributed by atoms with van der Waals surface area (Å²) in [7, 11) is 0. The maximum atomic E-state index is 10.9. The van der Waals surface area contributed by atoms with Gasteiger partial charge in [0.05, 0.1) is 10.4 Å². The van der Waals surface area contributed by atoms with Crippen molar-refractivity contribution in [2.45, 2.75) is 0 Å². The number of nitrogens with zero attached hydrogens (tertiary/aromatic N) is 2. The lowest BCUT2D eigenvalue weighted by Crippen LogP contribution is -2.12. The lowest BCUT2D eigenvalue weighted by molar-refractivity contribution is 0.0995. The second-order valence-electron chi connectivity index (χ2n) is 2.66. The van der Waals surface area contributed by atoms with Crippen LogP contribution in [0.25, 0.3) is 10.4 Å². The first-order valence-corrected chi connectivity index (χ1v) is 4.80. The summed E-state index contributed by atoms with van der Waals surface area (Å²) in [6.07, 6.45) is 3.31. The summed E-state index contributed by atoms with van der Waals surface area (Å²) in [5.41, 5.74) is 8.05. The molecule has 0 aliphatic carbocycles. The molecule has 2 N–H and O–H groups in total. The molecule has 0 unspecified atom stereocenters. The van der Waals surface area contributed by atoms with Crippen LogP contribution < -0.4 is 5.73 Å². The van der Waals surface area contributed by atoms with Gasteiger partial charge < -0.3 is 5.73 Å². The average Bonchev–Trinajstić information content (AvgIpc) is 2.71. The van der Waals surface area contributed by atoms with Crippen molar-refractivity contribution in [2.75, 3.05) is 0 Å². The molecule has 2 aromatic heterocycles. The van der Waals surface area contributed by atoms with E-state index in [1.165, 1.54) is 11.3 Å². The molecule has 0 atom stereocenters. The van der Waals surface area contributed by atoms with Crippen LogP contribution in [0.2, 0.25) is 0 Å². The molecule has 0 aromatic carbocycles. The maximum Gasteiger partial charge on any atom is 0.267 e. The highest BCUT2D eigenvalue weighted by Crippen LogP contribution is 2.22. The Morgan fingerprint density at radius 2 is 2.36 bits per heavy atom. The van der Waals surface area contributed by atoms with Crippen LogP contribution in [0.5, 0.6) is 0 Å². The van der Waals surface area contributed by atoms with Crippen molar-refractivity contribution < 1.29 is 4.79 Å². The number of nitrogens with two attached hydrogens (primary N) is 1. The fraction of sp³-hybridized carbons (Fsp3) is 0. The average molecular weight is 205 g/mol. The molecule has 1 amide bonds. The van der Waals surface area contributed by atoms with Gasteiger partial charge in [0.2, 0.25) is 0 Å². The quantitative estimate of drug-likeness (QED) is 0.803. The fourth-order valence-electron chi connectivity index (χ4n) is 1.08. The van der Waals surface area contributed by atoms with Gasteiger partial charge in [0.15, 0.2) is 0 Å². The summed E-state index contributed by atoms with van der Waals surface area (Å²) in [6.45, 7) is 0. The van der Waals surface area contributed by atoms with Crippen molar-refractivity contribution in [1.82, 2.24) is 9.97 Å². The maximum absolute atomic E-state index is 10.9. The number of aromatic nitrogens is 2. The van der Waals surface area contributed by atoms with Crippen LogP contribution in [-0.2, 0) is 0 Å². The highest BCUT2D eigenvalue weighted by molar-refractivity contribution is 7.13. The Morgan fingerprint density at radius 1 is 1.50 bits per heavy atom. The van der Waals surface area contributed by atoms with E-state index in [-0.39, 0.29) is 5.69 Å². The number of amides is 1. The predicted molar refractivity (Wildman–Crippen MR) is 53.9 cm³/mol. The van der Waals surface area contributed by atoms with Crippen LogP contribution in [0.3, 0.4) is 0 Å². The van der Waals surface area contributed by atoms with E-state index in [9.17, 15) is 4.79 Å². The Bertz CT molecular complexity index is 453. The monoisotopic (exact) mass is 205 g/mol. The van der Waals surface area contributed by atoms with E-state index < -0.39 is 5.91 Å². The molecular formula is C9H7N3OS. The molecule has 0 spiro atoms. The standard InChI is InChI=1S/C9H7N3OS/c10-9(13)7-3-6(1-2-12-7)8-4-11-5-14-8/h1-5H,(H2,10,13). The first kappa shape index (κ1) is 8.83. The Hall–Kier alpha value is -1.75. The largest absolute Gasteiger partial charge is 0.364 e. The number of hydrogen-bond donors (Lipinski definition) is 1. The third-order valence-electron chi connectivity index (χ3n) is 1.73. The third kappa shape index (κ3) is 1.62. The zero-order chi connectivity index (χ0) is 9.97. The number of hydrogen-bond acceptors (Lipinski definition) is 4. The topological polar surface area (TPSA) is 68.9 Å². The minimum atomic E-state index is -0.517. The summed E-state index contributed by atoms with van der Waals surface area (Å²) in [4.78, 5) is 19.7. The molecule has 0 fully saturated rings. The number of carbonyl (C=O) groups excluding carboxylic acids is 1. The van der Waals surface area contributed by atoms with E-state index in [1.54, 1.807) is 24.0 Å². The summed E-state index contributed by atoms with van der Waals surface area (Å²) in [5, 5.41) is 0. The number of rotatable bonds is 2. The fourth-order valence-corrected chi connectivity index (χ4v) is 1.70. The van der Waals surface area contributed by atoms with E-state index in [2.05, 4.69) is 9.97 Å². The molecule has 0 aliphatic rings. The lowest BCUT2D eigenvalue weighted by atomic mass is 10.2. The molecule has 0 radical (unpaired) electrons. The Kier molecular flexibility index (Phi) is 2.24. The van der Waals surface area contributed by atoms with Crippen molar-refractivity contribution in [3.05, 3.63) is 35.7 Å². The van der Waals surface area contributed by atoms with Crippen molar-refractivity contribution in [1.29, 1.82) is 0 Å². The highest BCUT2D eigenvalue weighted by Gasteiger charge is 2.05. The number of primary amides is 1. The van der Waals surface area contributed by atoms with Gasteiger partial charge >= 0.3 is 0 Å². The van der Waals surface area contributed by atoms with E-state index >= 15 is 0 Å². The van der Waals surface area contributed by atoms with Gasteiger partial charge in [-0.05, 0) is 17.7 Å². The van der Waals surface area contributed by atoms with E-state index in [0.29, 0.717) is 0 Å². The van der Waals surface area contributed by atoms with Gasteiger partial charge in [-0.1, -0.05) is 0 Å². The van der Waals surface area contributed by atoms with Crippen LogP contribution in [-0.4, -0.2) is 15.9 Å². The third-order valence-corrected chi connectivity index (χ3v) is 2.55. The molecule has 2 heterocycles. The summed E-state index contributed by atoms with van der Waals surface area (Å²) in [6, 6.07) is 3.48. The van der Waals surface area contributed by atoms with Gasteiger partial charge in [0, 0.05) is 12.4 Å². The van der Waals surface area contributed by atoms with Gasteiger partial charge in [-0.3, -0.25) is 14.8 Å². The normalized spacial score (nSPS) is 10.0. The van der Waals surface area contributed by atoms with Crippen LogP contribution in [0.15, 0.2) is 30.0 Å². The molecule has 2 rings (SSSR count). The molecule has 5 heteroatoms. The number of carbonyl (C=O) groups is 1. The van der Waals surface area contributed by atoms with Crippen molar-refractivity contribution in [3.63, 3.8) is 0 Å². The second-order valence-corrected chi connectivity index (χ2v) is 3.55. The van der Waals surface area contributed by atoms with Crippen LogP contribution in [0.1, 0.15) is 10.5 Å². The van der Waals surface area contributed by atoms with Crippen molar-refractivity contribution in [2.24, 2.45) is 5.73 Å². The zero-order valence-corrected chi connectivity index (χ0v) is 7.99. The molecule has 0 aliphatic heterocycles. The minimum absolute atomic E-state index is 0.274. The van der Waals surface area contributed by atoms with Gasteiger partial charge in [0.25, 0.3) is 5.91 Å². The van der Waals surface area contributed by atoms with E-state index in [0.717, 1.165) is 10.4 Å². The first-order chi connectivity index (χ1) is 6.77. The summed E-state index contributed by atoms with van der Waals surface area (Å²) >= 11 is 1.51. The van der Waals surface area contributed by atoms with Crippen LogP contribution in [0, 0.1) is 0 Å². The summed E-state index contributed by atoms with van der Waals surface area (Å²) < 4.78 is 0. The van der Waals surface area contributed by atoms with E-state index in [4.69, 9.17) is 5.73 Å². The highest BCUT2D eigenvalue weighted by atomic mass is 32.1. The van der Waals surface area contributed by atoms with Crippen molar-refractivity contribution in [3.8, 4) is 10.4 Å². The molecule has 14 heavy (non-hydrogen) atoms. The Balaban J connectivity index is 2.46. The molecule has 0 saturated heterocycles. The Morgan fingerprint density at radius 3 is 3.00 bits per heavy atom. The molecule has 2 aromatic rings. The number of thiazole rings is 1. The van der Waals surface area contributed by atoms with Crippen LogP contribution >= 0.6 is 11.3 Å². The summed E-state index contributed by atoms with van der Waals surface area (Å²) in [5.74, 6) is -0.517. The molecule has 70 valence electrons. The first-order valence-electron chi connectivity index (χ1n) is 3.92. The van der Waals surface area contributed by atoms with Gasteiger partial charge in [0.1, 0.15) is 5.69 Å². The van der Waals surface area contributed by atoms with E-state index in [1.807, 2.05) is 6.07 Å². The predicted octanol–water partition coefficient (Wildman–Crippen LogP) is 1.30. The zero-order valence-electron chi connectivity index (χ0n) is 7.18. The molecule has 4 nitrogen and oxygen atoms in total. The van der Waals surface area contributed by atoms with Gasteiger partial charge in [-0.15, -0.1) is 11.3 Å². The minimum Gasteiger partial charge on any atom is -0.364 e. The van der Waals surface area contributed by atoms with Gasteiger partial charge in [-0.25, -0.2) is 0 Å². The van der Waals surface area contributed by atoms with Gasteiger partial charge in [-0.2, -0.15) is 0 Å². The SMILES string of the molecule is NC(=O)c1cc(-c2cncs2)ccn1. The Labute approximate surface area is 84.4 Å². The van der Waals surface area contributed by atoms with Crippen LogP contribution in [0.4, 0.5) is 0 Å².